The number of aromatic amines is 1. The number of aromatic nitrogens is 1. The smallest absolute Gasteiger partial charge is 0.128 e. The first-order valence-corrected chi connectivity index (χ1v) is 9.36. The Morgan fingerprint density at radius 2 is 2.00 bits per heavy atom. The standard InChI is InChI=1S/C23H25NO/c1-13(2)15-9-10-23(4)12-18(15)20-21-17(11-14(3)22(20)25-23)16-7-5-6-8-19(16)24-21/h5-8,11,18,24H,9-10,12H2,1-4H3. The molecular weight excluding hydrogens is 306 g/mol. The normalized spacial score (nSPS) is 25.1. The predicted octanol–water partition coefficient (Wildman–Crippen LogP) is 6.38. The van der Waals surface area contributed by atoms with E-state index in [0.29, 0.717) is 5.92 Å². The Balaban J connectivity index is 1.90. The summed E-state index contributed by atoms with van der Waals surface area (Å²) in [7, 11) is 0. The first kappa shape index (κ1) is 15.1. The Labute approximate surface area is 148 Å². The van der Waals surface area contributed by atoms with Gasteiger partial charge in [-0.1, -0.05) is 29.3 Å². The Kier molecular flexibility index (Phi) is 2.96. The highest BCUT2D eigenvalue weighted by atomic mass is 16.5. The van der Waals surface area contributed by atoms with Crippen LogP contribution in [0.4, 0.5) is 0 Å². The largest absolute Gasteiger partial charge is 0.487 e. The molecule has 25 heavy (non-hydrogen) atoms. The lowest BCUT2D eigenvalue weighted by Crippen LogP contribution is -2.42. The number of para-hydroxylation sites is 1. The van der Waals surface area contributed by atoms with Crippen molar-refractivity contribution < 1.29 is 4.74 Å². The molecule has 2 bridgehead atoms. The van der Waals surface area contributed by atoms with Crippen LogP contribution in [0.15, 0.2) is 41.5 Å². The summed E-state index contributed by atoms with van der Waals surface area (Å²) in [5.41, 5.74) is 8.21. The fourth-order valence-electron chi connectivity index (χ4n) is 5.05. The summed E-state index contributed by atoms with van der Waals surface area (Å²) in [6, 6.07) is 10.9. The molecule has 0 saturated heterocycles. The van der Waals surface area contributed by atoms with Crippen LogP contribution in [0.1, 0.15) is 57.1 Å². The van der Waals surface area contributed by atoms with Crippen LogP contribution in [-0.2, 0) is 0 Å². The number of H-pyrrole nitrogens is 1. The molecule has 0 spiro atoms. The number of aryl methyl sites for hydroxylation is 1. The maximum atomic E-state index is 6.61. The van der Waals surface area contributed by atoms with Crippen molar-refractivity contribution in [3.8, 4) is 5.75 Å². The lowest BCUT2D eigenvalue weighted by atomic mass is 9.69. The summed E-state index contributed by atoms with van der Waals surface area (Å²) in [6.45, 7) is 9.03. The summed E-state index contributed by atoms with van der Waals surface area (Å²) >= 11 is 0. The van der Waals surface area contributed by atoms with Crippen molar-refractivity contribution in [2.75, 3.05) is 0 Å². The van der Waals surface area contributed by atoms with Gasteiger partial charge in [0.05, 0.1) is 5.52 Å². The highest BCUT2D eigenvalue weighted by Gasteiger charge is 2.44. The molecule has 5 rings (SSSR count). The number of hydrogen-bond acceptors (Lipinski definition) is 1. The molecule has 2 unspecified atom stereocenters. The van der Waals surface area contributed by atoms with Crippen molar-refractivity contribution in [1.82, 2.24) is 4.98 Å². The van der Waals surface area contributed by atoms with Crippen LogP contribution < -0.4 is 4.74 Å². The van der Waals surface area contributed by atoms with Crippen LogP contribution in [0.5, 0.6) is 5.75 Å². The average Bonchev–Trinajstić information content (AvgIpc) is 2.93. The summed E-state index contributed by atoms with van der Waals surface area (Å²) in [5.74, 6) is 1.60. The van der Waals surface area contributed by atoms with Gasteiger partial charge >= 0.3 is 0 Å². The van der Waals surface area contributed by atoms with Crippen molar-refractivity contribution in [3.63, 3.8) is 0 Å². The molecule has 128 valence electrons. The summed E-state index contributed by atoms with van der Waals surface area (Å²) < 4.78 is 6.61. The van der Waals surface area contributed by atoms with Gasteiger partial charge in [-0.05, 0) is 64.7 Å². The van der Waals surface area contributed by atoms with Crippen molar-refractivity contribution in [1.29, 1.82) is 0 Å². The maximum absolute atomic E-state index is 6.61. The average molecular weight is 331 g/mol. The van der Waals surface area contributed by atoms with E-state index in [1.807, 2.05) is 0 Å². The van der Waals surface area contributed by atoms with E-state index in [-0.39, 0.29) is 5.60 Å². The molecule has 1 aliphatic heterocycles. The zero-order valence-electron chi connectivity index (χ0n) is 15.5. The van der Waals surface area contributed by atoms with E-state index >= 15 is 0 Å². The summed E-state index contributed by atoms with van der Waals surface area (Å²) in [5, 5.41) is 2.64. The third kappa shape index (κ3) is 2.03. The number of nitrogens with one attached hydrogen (secondary N) is 1. The van der Waals surface area contributed by atoms with Gasteiger partial charge in [0.2, 0.25) is 0 Å². The van der Waals surface area contributed by atoms with Gasteiger partial charge in [0, 0.05) is 27.8 Å². The Morgan fingerprint density at radius 3 is 2.80 bits per heavy atom. The minimum Gasteiger partial charge on any atom is -0.487 e. The molecule has 2 heteroatoms. The van der Waals surface area contributed by atoms with E-state index in [4.69, 9.17) is 4.74 Å². The minimum atomic E-state index is -0.0267. The third-order valence-corrected chi connectivity index (χ3v) is 6.30. The van der Waals surface area contributed by atoms with E-state index in [1.54, 1.807) is 5.57 Å². The number of allylic oxidation sites excluding steroid dienone is 2. The molecule has 3 aromatic rings. The van der Waals surface area contributed by atoms with Gasteiger partial charge in [0.25, 0.3) is 0 Å². The minimum absolute atomic E-state index is 0.0267. The van der Waals surface area contributed by atoms with E-state index in [2.05, 4.69) is 63.0 Å². The molecule has 0 radical (unpaired) electrons. The van der Waals surface area contributed by atoms with Gasteiger partial charge in [-0.2, -0.15) is 0 Å². The van der Waals surface area contributed by atoms with Gasteiger partial charge in [0.1, 0.15) is 11.4 Å². The van der Waals surface area contributed by atoms with Crippen molar-refractivity contribution in [2.24, 2.45) is 0 Å². The lowest BCUT2D eigenvalue weighted by molar-refractivity contribution is 0.0354. The Bertz CT molecular complexity index is 1050. The van der Waals surface area contributed by atoms with Crippen LogP contribution >= 0.6 is 0 Å². The molecule has 1 saturated carbocycles. The molecule has 1 fully saturated rings. The molecule has 0 amide bonds. The number of ether oxygens (including phenoxy) is 1. The fourth-order valence-corrected chi connectivity index (χ4v) is 5.05. The second-order valence-corrected chi connectivity index (χ2v) is 8.36. The van der Waals surface area contributed by atoms with Crippen LogP contribution in [0.2, 0.25) is 0 Å². The Morgan fingerprint density at radius 1 is 1.20 bits per heavy atom. The van der Waals surface area contributed by atoms with Gasteiger partial charge in [-0.25, -0.2) is 0 Å². The highest BCUT2D eigenvalue weighted by Crippen LogP contribution is 2.55. The number of fused-ring (bicyclic) bond motifs is 8. The van der Waals surface area contributed by atoms with Gasteiger partial charge in [0.15, 0.2) is 0 Å². The quantitative estimate of drug-likeness (QED) is 0.475. The highest BCUT2D eigenvalue weighted by molar-refractivity contribution is 6.09. The van der Waals surface area contributed by atoms with Crippen molar-refractivity contribution >= 4 is 21.8 Å². The summed E-state index contributed by atoms with van der Waals surface area (Å²) in [4.78, 5) is 3.71. The first-order chi connectivity index (χ1) is 12.0. The van der Waals surface area contributed by atoms with Gasteiger partial charge < -0.3 is 9.72 Å². The molecule has 2 nitrogen and oxygen atoms in total. The van der Waals surface area contributed by atoms with E-state index in [0.717, 1.165) is 25.0 Å². The van der Waals surface area contributed by atoms with E-state index < -0.39 is 0 Å². The zero-order valence-corrected chi connectivity index (χ0v) is 15.5. The molecule has 1 N–H and O–H groups in total. The van der Waals surface area contributed by atoms with E-state index in [1.165, 1.54) is 38.5 Å². The molecular formula is C23H25NO. The van der Waals surface area contributed by atoms with Gasteiger partial charge in [-0.3, -0.25) is 0 Å². The predicted molar refractivity (Wildman–Crippen MR) is 105 cm³/mol. The SMILES string of the molecule is CC(C)=C1CCC2(C)CC1c1c(c(C)cc3c1[nH]c1ccccc13)O2. The van der Waals surface area contributed by atoms with E-state index in [9.17, 15) is 0 Å². The maximum Gasteiger partial charge on any atom is 0.128 e. The molecule has 2 atom stereocenters. The summed E-state index contributed by atoms with van der Waals surface area (Å²) in [6.07, 6.45) is 3.36. The van der Waals surface area contributed by atoms with Crippen molar-refractivity contribution in [2.45, 2.75) is 58.5 Å². The van der Waals surface area contributed by atoms with Crippen LogP contribution in [0, 0.1) is 6.92 Å². The van der Waals surface area contributed by atoms with Crippen LogP contribution in [0.25, 0.3) is 21.8 Å². The third-order valence-electron chi connectivity index (χ3n) is 6.30. The number of rotatable bonds is 0. The Hall–Kier alpha value is -2.22. The second kappa shape index (κ2) is 4.91. The monoisotopic (exact) mass is 331 g/mol. The molecule has 2 heterocycles. The fraction of sp³-hybridized carbons (Fsp3) is 0.391. The number of benzene rings is 2. The molecule has 2 aliphatic rings. The number of hydrogen-bond donors (Lipinski definition) is 1. The first-order valence-electron chi connectivity index (χ1n) is 9.36. The topological polar surface area (TPSA) is 25.0 Å². The second-order valence-electron chi connectivity index (χ2n) is 8.36. The van der Waals surface area contributed by atoms with Crippen LogP contribution in [0.3, 0.4) is 0 Å². The molecule has 2 aromatic carbocycles. The van der Waals surface area contributed by atoms with Crippen LogP contribution in [-0.4, -0.2) is 10.6 Å². The molecule has 1 aliphatic carbocycles. The zero-order chi connectivity index (χ0) is 17.3. The molecule has 1 aromatic heterocycles. The van der Waals surface area contributed by atoms with Gasteiger partial charge in [-0.15, -0.1) is 0 Å². The lowest BCUT2D eigenvalue weighted by Gasteiger charge is -2.46. The van der Waals surface area contributed by atoms with Crippen molar-refractivity contribution in [3.05, 3.63) is 52.6 Å².